The zero-order valence-electron chi connectivity index (χ0n) is 14.5. The fourth-order valence-electron chi connectivity index (χ4n) is 2.15. The van der Waals surface area contributed by atoms with Gasteiger partial charge in [-0.25, -0.2) is 18.7 Å². The Morgan fingerprint density at radius 2 is 2.11 bits per heavy atom. The summed E-state index contributed by atoms with van der Waals surface area (Å²) >= 11 is 4.87. The van der Waals surface area contributed by atoms with Crippen LogP contribution in [0, 0.1) is 4.77 Å². The summed E-state index contributed by atoms with van der Waals surface area (Å²) in [5.74, 6) is -0.0384. The Bertz CT molecular complexity index is 1040. The number of nitrogens with zero attached hydrogens (tertiary/aromatic N) is 3. The second-order valence-corrected chi connectivity index (χ2v) is 5.75. The molecule has 0 amide bonds. The van der Waals surface area contributed by atoms with Crippen molar-refractivity contribution in [2.45, 2.75) is 13.0 Å². The molecule has 0 aliphatic rings. The minimum Gasteiger partial charge on any atom is -0.486 e. The smallest absolute Gasteiger partial charge is 0.373 e. The van der Waals surface area contributed by atoms with Gasteiger partial charge in [0.25, 0.3) is 6.43 Å². The highest BCUT2D eigenvalue weighted by Gasteiger charge is 2.16. The van der Waals surface area contributed by atoms with Gasteiger partial charge in [-0.1, -0.05) is 0 Å². The zero-order valence-corrected chi connectivity index (χ0v) is 15.3. The van der Waals surface area contributed by atoms with E-state index in [1.807, 2.05) is 0 Å². The molecule has 0 radical (unpaired) electrons. The van der Waals surface area contributed by atoms with Gasteiger partial charge in [-0.2, -0.15) is 14.9 Å². The molecular weight excluding hydrogens is 394 g/mol. The number of methoxy groups -OCH3 is 1. The number of aromatic amines is 1. The molecule has 3 rings (SSSR count). The van der Waals surface area contributed by atoms with Crippen molar-refractivity contribution in [3.63, 3.8) is 0 Å². The Morgan fingerprint density at radius 3 is 2.79 bits per heavy atom. The molecule has 8 nitrogen and oxygen atoms in total. The second kappa shape index (κ2) is 8.57. The van der Waals surface area contributed by atoms with Crippen molar-refractivity contribution in [3.8, 4) is 5.75 Å². The topological polar surface area (TPSA) is 94.6 Å². The first kappa shape index (κ1) is 19.4. The highest BCUT2D eigenvalue weighted by molar-refractivity contribution is 7.71. The van der Waals surface area contributed by atoms with E-state index in [1.54, 1.807) is 30.3 Å². The number of H-pyrrole nitrogens is 1. The van der Waals surface area contributed by atoms with Gasteiger partial charge in [0.2, 0.25) is 16.4 Å². The maximum atomic E-state index is 12.8. The van der Waals surface area contributed by atoms with E-state index >= 15 is 0 Å². The average Bonchev–Trinajstić information content (AvgIpc) is 3.31. The van der Waals surface area contributed by atoms with Gasteiger partial charge in [0.05, 0.1) is 13.3 Å². The Morgan fingerprint density at radius 1 is 1.36 bits per heavy atom. The number of hydrogen-bond acceptors (Lipinski definition) is 7. The van der Waals surface area contributed by atoms with E-state index < -0.39 is 18.2 Å². The molecule has 0 aliphatic heterocycles. The van der Waals surface area contributed by atoms with Gasteiger partial charge in [0, 0.05) is 0 Å². The summed E-state index contributed by atoms with van der Waals surface area (Å²) in [4.78, 5) is 11.3. The fraction of sp³-hybridized carbons (Fsp3) is 0.176. The van der Waals surface area contributed by atoms with Crippen molar-refractivity contribution in [2.24, 2.45) is 5.10 Å². The molecule has 1 N–H and O–H groups in total. The molecular formula is C17H14F2N4O4S. The first-order valence-electron chi connectivity index (χ1n) is 7.87. The van der Waals surface area contributed by atoms with Gasteiger partial charge in [0.1, 0.15) is 18.1 Å². The lowest BCUT2D eigenvalue weighted by atomic mass is 10.2. The predicted octanol–water partition coefficient (Wildman–Crippen LogP) is 3.72. The van der Waals surface area contributed by atoms with Gasteiger partial charge >= 0.3 is 5.97 Å². The molecule has 0 aliphatic carbocycles. The normalized spacial score (nSPS) is 11.3. The van der Waals surface area contributed by atoms with E-state index in [0.29, 0.717) is 17.1 Å². The number of halogens is 2. The van der Waals surface area contributed by atoms with Crippen molar-refractivity contribution in [3.05, 3.63) is 64.1 Å². The van der Waals surface area contributed by atoms with Crippen molar-refractivity contribution in [1.82, 2.24) is 14.9 Å². The van der Waals surface area contributed by atoms with Crippen LogP contribution in [-0.2, 0) is 11.3 Å². The van der Waals surface area contributed by atoms with E-state index in [-0.39, 0.29) is 17.1 Å². The first-order valence-corrected chi connectivity index (χ1v) is 8.28. The first-order chi connectivity index (χ1) is 13.5. The monoisotopic (exact) mass is 408 g/mol. The van der Waals surface area contributed by atoms with Crippen LogP contribution in [-0.4, -0.2) is 34.2 Å². The largest absolute Gasteiger partial charge is 0.486 e. The zero-order chi connectivity index (χ0) is 20.1. The summed E-state index contributed by atoms with van der Waals surface area (Å²) < 4.78 is 41.9. The van der Waals surface area contributed by atoms with E-state index in [4.69, 9.17) is 21.4 Å². The number of alkyl halides is 2. The predicted molar refractivity (Wildman–Crippen MR) is 96.2 cm³/mol. The third-order valence-corrected chi connectivity index (χ3v) is 3.77. The van der Waals surface area contributed by atoms with Crippen LogP contribution >= 0.6 is 12.2 Å². The third-order valence-electron chi connectivity index (χ3n) is 3.50. The third kappa shape index (κ3) is 4.49. The van der Waals surface area contributed by atoms with Crippen LogP contribution in [0.3, 0.4) is 0 Å². The number of hydrogen-bond donors (Lipinski definition) is 1. The van der Waals surface area contributed by atoms with E-state index in [9.17, 15) is 13.6 Å². The van der Waals surface area contributed by atoms with Gasteiger partial charge < -0.3 is 13.9 Å². The number of benzene rings is 1. The Balaban J connectivity index is 1.62. The van der Waals surface area contributed by atoms with Crippen LogP contribution in [0.15, 0.2) is 45.9 Å². The van der Waals surface area contributed by atoms with Crippen LogP contribution in [0.1, 0.15) is 34.1 Å². The molecule has 2 heterocycles. The molecule has 0 fully saturated rings. The molecule has 3 aromatic rings. The van der Waals surface area contributed by atoms with Crippen LogP contribution in [0.5, 0.6) is 5.75 Å². The van der Waals surface area contributed by atoms with E-state index in [2.05, 4.69) is 20.0 Å². The highest BCUT2D eigenvalue weighted by atomic mass is 32.1. The van der Waals surface area contributed by atoms with Crippen molar-refractivity contribution >= 4 is 24.4 Å². The SMILES string of the molecule is COC(=O)c1ccc(COc2ccc(C=Nn3c(C(F)F)n[nH]c3=S)cc2)o1. The molecule has 0 saturated heterocycles. The van der Waals surface area contributed by atoms with Gasteiger partial charge in [-0.05, 0) is 54.2 Å². The van der Waals surface area contributed by atoms with Gasteiger partial charge in [0.15, 0.2) is 0 Å². The van der Waals surface area contributed by atoms with Crippen LogP contribution in [0.2, 0.25) is 0 Å². The Labute approximate surface area is 162 Å². The van der Waals surface area contributed by atoms with E-state index in [1.165, 1.54) is 19.4 Å². The lowest BCUT2D eigenvalue weighted by Gasteiger charge is -2.04. The number of furan rings is 1. The van der Waals surface area contributed by atoms with Crippen LogP contribution < -0.4 is 4.74 Å². The number of esters is 1. The van der Waals surface area contributed by atoms with E-state index in [0.717, 1.165) is 4.68 Å². The minimum atomic E-state index is -2.80. The second-order valence-electron chi connectivity index (χ2n) is 5.36. The molecule has 0 bridgehead atoms. The number of carbonyl (C=O) groups excluding carboxylic acids is 1. The Kier molecular flexibility index (Phi) is 5.94. The molecule has 0 saturated carbocycles. The minimum absolute atomic E-state index is 0.0312. The summed E-state index contributed by atoms with van der Waals surface area (Å²) in [5, 5.41) is 9.63. The van der Waals surface area contributed by atoms with Crippen molar-refractivity contribution in [2.75, 3.05) is 7.11 Å². The summed E-state index contributed by atoms with van der Waals surface area (Å²) in [6.07, 6.45) is -1.43. The Hall–Kier alpha value is -3.34. The fourth-order valence-corrected chi connectivity index (χ4v) is 2.34. The summed E-state index contributed by atoms with van der Waals surface area (Å²) in [5.41, 5.74) is 0.640. The summed E-state index contributed by atoms with van der Waals surface area (Å²) in [6, 6.07) is 9.84. The quantitative estimate of drug-likeness (QED) is 0.364. The number of nitrogens with one attached hydrogen (secondary N) is 1. The van der Waals surface area contributed by atoms with Crippen LogP contribution in [0.4, 0.5) is 8.78 Å². The standard InChI is InChI=1S/C17H14F2N4O4S/c1-25-16(24)13-7-6-12(27-13)9-26-11-4-2-10(3-5-11)8-20-23-15(14(18)19)21-22-17(23)28/h2-8,14H,9H2,1H3,(H,22,28). The molecule has 1 aromatic carbocycles. The highest BCUT2D eigenvalue weighted by Crippen LogP contribution is 2.17. The number of ether oxygens (including phenoxy) is 2. The average molecular weight is 408 g/mol. The van der Waals surface area contributed by atoms with Crippen molar-refractivity contribution < 1.29 is 27.5 Å². The molecule has 0 spiro atoms. The molecule has 11 heteroatoms. The van der Waals surface area contributed by atoms with Crippen molar-refractivity contribution in [1.29, 1.82) is 0 Å². The summed E-state index contributed by atoms with van der Waals surface area (Å²) in [6.45, 7) is 0.117. The molecule has 2 aromatic heterocycles. The maximum absolute atomic E-state index is 12.8. The molecule has 0 unspecified atom stereocenters. The van der Waals surface area contributed by atoms with Crippen LogP contribution in [0.25, 0.3) is 0 Å². The maximum Gasteiger partial charge on any atom is 0.373 e. The molecule has 146 valence electrons. The summed E-state index contributed by atoms with van der Waals surface area (Å²) in [7, 11) is 1.26. The number of carbonyl (C=O) groups is 1. The number of aromatic nitrogens is 3. The lowest BCUT2D eigenvalue weighted by Crippen LogP contribution is -1.99. The number of rotatable bonds is 7. The lowest BCUT2D eigenvalue weighted by molar-refractivity contribution is 0.0561. The molecule has 0 atom stereocenters. The van der Waals surface area contributed by atoms with Gasteiger partial charge in [-0.3, -0.25) is 0 Å². The molecule has 28 heavy (non-hydrogen) atoms. The van der Waals surface area contributed by atoms with Gasteiger partial charge in [-0.15, -0.1) is 0 Å².